The van der Waals surface area contributed by atoms with Gasteiger partial charge in [0, 0.05) is 29.4 Å². The Morgan fingerprint density at radius 2 is 2.10 bits per heavy atom. The molecule has 7 heteroatoms. The topological polar surface area (TPSA) is 98.3 Å². The van der Waals surface area contributed by atoms with Crippen LogP contribution in [0, 0.1) is 10.1 Å². The van der Waals surface area contributed by atoms with Crippen LogP contribution in [-0.4, -0.2) is 25.5 Å². The monoisotopic (exact) mass is 283 g/mol. The van der Waals surface area contributed by atoms with Crippen LogP contribution in [-0.2, 0) is 0 Å². The molecule has 0 saturated carbocycles. The van der Waals surface area contributed by atoms with Gasteiger partial charge < -0.3 is 5.11 Å². The molecule has 2 heterocycles. The maximum atomic E-state index is 12.4. The average Bonchev–Trinajstić information content (AvgIpc) is 2.90. The third kappa shape index (κ3) is 2.10. The van der Waals surface area contributed by atoms with Crippen LogP contribution >= 0.6 is 0 Å². The summed E-state index contributed by atoms with van der Waals surface area (Å²) >= 11 is 0. The summed E-state index contributed by atoms with van der Waals surface area (Å²) in [6.45, 7) is 0. The minimum atomic E-state index is -0.738. The van der Waals surface area contributed by atoms with Crippen LogP contribution < -0.4 is 0 Å². The molecule has 0 atom stereocenters. The number of pyridine rings is 1. The van der Waals surface area contributed by atoms with Crippen molar-refractivity contribution < 1.29 is 14.8 Å². The zero-order valence-electron chi connectivity index (χ0n) is 10.6. The molecule has 7 nitrogen and oxygen atoms in total. The number of carbonyl (C=O) groups is 1. The lowest BCUT2D eigenvalue weighted by molar-refractivity contribution is -0.385. The van der Waals surface area contributed by atoms with E-state index in [4.69, 9.17) is 0 Å². The maximum absolute atomic E-state index is 12.4. The quantitative estimate of drug-likeness (QED) is 0.575. The highest BCUT2D eigenvalue weighted by atomic mass is 16.6. The molecule has 0 saturated heterocycles. The summed E-state index contributed by atoms with van der Waals surface area (Å²) < 4.78 is 1.31. The van der Waals surface area contributed by atoms with E-state index in [0.717, 1.165) is 17.5 Å². The zero-order chi connectivity index (χ0) is 15.0. The third-order valence-corrected chi connectivity index (χ3v) is 3.09. The van der Waals surface area contributed by atoms with Crippen molar-refractivity contribution in [2.24, 2.45) is 0 Å². The normalized spacial score (nSPS) is 10.7. The molecule has 0 radical (unpaired) electrons. The molecule has 1 N–H and O–H groups in total. The maximum Gasteiger partial charge on any atom is 0.311 e. The van der Waals surface area contributed by atoms with Crippen LogP contribution in [0.4, 0.5) is 5.69 Å². The third-order valence-electron chi connectivity index (χ3n) is 3.09. The van der Waals surface area contributed by atoms with Gasteiger partial charge in [-0.1, -0.05) is 0 Å². The number of benzene rings is 1. The number of hydrogen-bond acceptors (Lipinski definition) is 5. The van der Waals surface area contributed by atoms with E-state index in [1.54, 1.807) is 24.5 Å². The lowest BCUT2D eigenvalue weighted by Gasteiger charge is -2.04. The van der Waals surface area contributed by atoms with Gasteiger partial charge in [0.15, 0.2) is 5.75 Å². The molecule has 3 aromatic rings. The van der Waals surface area contributed by atoms with Crippen LogP contribution in [0.25, 0.3) is 11.0 Å². The molecule has 0 amide bonds. The van der Waals surface area contributed by atoms with Gasteiger partial charge in [0.1, 0.15) is 5.65 Å². The van der Waals surface area contributed by atoms with Crippen molar-refractivity contribution in [3.63, 3.8) is 0 Å². The first-order valence-electron chi connectivity index (χ1n) is 6.02. The average molecular weight is 283 g/mol. The van der Waals surface area contributed by atoms with E-state index >= 15 is 0 Å². The predicted octanol–water partition coefficient (Wildman–Crippen LogP) is 2.34. The van der Waals surface area contributed by atoms with Crippen molar-refractivity contribution in [2.45, 2.75) is 0 Å². The Labute approximate surface area is 118 Å². The lowest BCUT2D eigenvalue weighted by Crippen LogP contribution is -2.11. The summed E-state index contributed by atoms with van der Waals surface area (Å²) in [5.74, 6) is -0.932. The van der Waals surface area contributed by atoms with Gasteiger partial charge in [-0.05, 0) is 30.3 Å². The Morgan fingerprint density at radius 1 is 1.29 bits per heavy atom. The number of nitrogens with zero attached hydrogens (tertiary/aromatic N) is 3. The molecular formula is C14H9N3O4. The number of phenolic OH excluding ortho intramolecular Hbond substituents is 1. The molecule has 0 unspecified atom stereocenters. The number of aromatic nitrogens is 2. The largest absolute Gasteiger partial charge is 0.502 e. The molecule has 0 aliphatic heterocycles. The number of phenols is 1. The standard InChI is InChI=1S/C14H9N3O4/c18-12-4-3-10(8-11(12)17(20)21)14(19)16-7-5-9-2-1-6-15-13(9)16/h1-8,18H. The summed E-state index contributed by atoms with van der Waals surface area (Å²) in [6.07, 6.45) is 3.12. The summed E-state index contributed by atoms with van der Waals surface area (Å²) in [6, 6.07) is 8.80. The van der Waals surface area contributed by atoms with Crippen molar-refractivity contribution in [1.82, 2.24) is 9.55 Å². The van der Waals surface area contributed by atoms with Crippen LogP contribution in [0.5, 0.6) is 5.75 Å². The number of hydrogen-bond donors (Lipinski definition) is 1. The van der Waals surface area contributed by atoms with Crippen molar-refractivity contribution in [2.75, 3.05) is 0 Å². The number of nitro benzene ring substituents is 1. The van der Waals surface area contributed by atoms with Gasteiger partial charge in [-0.15, -0.1) is 0 Å². The highest BCUT2D eigenvalue weighted by Gasteiger charge is 2.19. The fraction of sp³-hybridized carbons (Fsp3) is 0. The summed E-state index contributed by atoms with van der Waals surface area (Å²) in [7, 11) is 0. The minimum absolute atomic E-state index is 0.0997. The van der Waals surface area contributed by atoms with E-state index in [1.165, 1.54) is 10.6 Å². The second-order valence-electron chi connectivity index (χ2n) is 4.37. The smallest absolute Gasteiger partial charge is 0.311 e. The van der Waals surface area contributed by atoms with Crippen molar-refractivity contribution >= 4 is 22.6 Å². The molecule has 0 bridgehead atoms. The van der Waals surface area contributed by atoms with E-state index in [1.807, 2.05) is 6.07 Å². The first kappa shape index (κ1) is 12.8. The van der Waals surface area contributed by atoms with E-state index in [9.17, 15) is 20.0 Å². The van der Waals surface area contributed by atoms with Crippen LogP contribution in [0.3, 0.4) is 0 Å². The molecule has 0 aliphatic rings. The molecule has 0 spiro atoms. The van der Waals surface area contributed by atoms with Crippen LogP contribution in [0.2, 0.25) is 0 Å². The molecular weight excluding hydrogens is 274 g/mol. The Morgan fingerprint density at radius 3 is 2.86 bits per heavy atom. The first-order valence-corrected chi connectivity index (χ1v) is 6.02. The van der Waals surface area contributed by atoms with Crippen molar-refractivity contribution in [3.05, 3.63) is 64.5 Å². The second-order valence-corrected chi connectivity index (χ2v) is 4.37. The zero-order valence-corrected chi connectivity index (χ0v) is 10.6. The van der Waals surface area contributed by atoms with Crippen LogP contribution in [0.15, 0.2) is 48.8 Å². The molecule has 1 aromatic carbocycles. The Bertz CT molecular complexity index is 870. The van der Waals surface area contributed by atoms with Crippen LogP contribution in [0.1, 0.15) is 10.4 Å². The van der Waals surface area contributed by atoms with Gasteiger partial charge in [0.05, 0.1) is 4.92 Å². The van der Waals surface area contributed by atoms with Crippen molar-refractivity contribution in [1.29, 1.82) is 0 Å². The van der Waals surface area contributed by atoms with Gasteiger partial charge in [0.25, 0.3) is 5.91 Å². The molecule has 0 aliphatic carbocycles. The van der Waals surface area contributed by atoms with E-state index in [0.29, 0.717) is 5.65 Å². The first-order chi connectivity index (χ1) is 10.1. The second kappa shape index (κ2) is 4.71. The number of rotatable bonds is 2. The highest BCUT2D eigenvalue weighted by Crippen LogP contribution is 2.27. The van der Waals surface area contributed by atoms with Gasteiger partial charge in [-0.2, -0.15) is 0 Å². The van der Waals surface area contributed by atoms with Gasteiger partial charge in [-0.3, -0.25) is 19.5 Å². The SMILES string of the molecule is O=C(c1ccc(O)c([N+](=O)[O-])c1)n1ccc2cccnc21. The molecule has 0 fully saturated rings. The Balaban J connectivity index is 2.10. The Kier molecular flexibility index (Phi) is 2.87. The summed E-state index contributed by atoms with van der Waals surface area (Å²) in [4.78, 5) is 26.6. The van der Waals surface area contributed by atoms with E-state index in [-0.39, 0.29) is 5.56 Å². The van der Waals surface area contributed by atoms with Crippen molar-refractivity contribution in [3.8, 4) is 5.75 Å². The van der Waals surface area contributed by atoms with Gasteiger partial charge in [0.2, 0.25) is 0 Å². The molecule has 21 heavy (non-hydrogen) atoms. The number of fused-ring (bicyclic) bond motifs is 1. The van der Waals surface area contributed by atoms with E-state index in [2.05, 4.69) is 4.98 Å². The van der Waals surface area contributed by atoms with Gasteiger partial charge >= 0.3 is 5.69 Å². The molecule has 104 valence electrons. The molecule has 3 rings (SSSR count). The Hall–Kier alpha value is -3.22. The van der Waals surface area contributed by atoms with Gasteiger partial charge in [-0.25, -0.2) is 4.98 Å². The fourth-order valence-corrected chi connectivity index (χ4v) is 2.07. The fourth-order valence-electron chi connectivity index (χ4n) is 2.07. The predicted molar refractivity (Wildman–Crippen MR) is 74.2 cm³/mol. The lowest BCUT2D eigenvalue weighted by atomic mass is 10.1. The highest BCUT2D eigenvalue weighted by molar-refractivity contribution is 6.01. The number of nitro groups is 1. The van der Waals surface area contributed by atoms with E-state index < -0.39 is 22.3 Å². The minimum Gasteiger partial charge on any atom is -0.502 e. The molecule has 2 aromatic heterocycles. The number of aromatic hydroxyl groups is 1. The summed E-state index contributed by atoms with van der Waals surface area (Å²) in [5, 5.41) is 21.0. The summed E-state index contributed by atoms with van der Waals surface area (Å²) in [5.41, 5.74) is 0.0613. The number of carbonyl (C=O) groups excluding carboxylic acids is 1.